The number of furan rings is 1. The van der Waals surface area contributed by atoms with Crippen LogP contribution < -0.4 is 5.32 Å². The van der Waals surface area contributed by atoms with Gasteiger partial charge in [0.05, 0.1) is 37.7 Å². The van der Waals surface area contributed by atoms with Crippen molar-refractivity contribution in [3.05, 3.63) is 78.3 Å². The van der Waals surface area contributed by atoms with Crippen LogP contribution in [0, 0.1) is 0 Å². The number of nitrogens with one attached hydrogen (secondary N) is 1. The van der Waals surface area contributed by atoms with Crippen molar-refractivity contribution in [2.24, 2.45) is 0 Å². The lowest BCUT2D eigenvalue weighted by Crippen LogP contribution is -2.32. The molecule has 0 bridgehead atoms. The summed E-state index contributed by atoms with van der Waals surface area (Å²) in [5.74, 6) is 0.666. The summed E-state index contributed by atoms with van der Waals surface area (Å²) in [6.45, 7) is 1.27. The molecule has 30 heavy (non-hydrogen) atoms. The molecule has 0 aromatic carbocycles. The van der Waals surface area contributed by atoms with Gasteiger partial charge in [-0.25, -0.2) is 0 Å². The average Bonchev–Trinajstić information content (AvgIpc) is 3.50. The van der Waals surface area contributed by atoms with E-state index in [4.69, 9.17) is 21.4 Å². The molecule has 1 aliphatic rings. The number of carbonyl (C=O) groups is 1. The second-order valence-electron chi connectivity index (χ2n) is 7.14. The Morgan fingerprint density at radius 1 is 1.27 bits per heavy atom. The van der Waals surface area contributed by atoms with Crippen molar-refractivity contribution in [1.29, 1.82) is 0 Å². The van der Waals surface area contributed by atoms with Crippen LogP contribution in [0.1, 0.15) is 42.1 Å². The van der Waals surface area contributed by atoms with E-state index in [1.54, 1.807) is 12.5 Å². The van der Waals surface area contributed by atoms with Gasteiger partial charge in [-0.15, -0.1) is 0 Å². The van der Waals surface area contributed by atoms with Crippen LogP contribution in [0.25, 0.3) is 0 Å². The minimum absolute atomic E-state index is 0.0602. The maximum Gasteiger partial charge on any atom is 0.305 e. The van der Waals surface area contributed by atoms with Gasteiger partial charge in [0.1, 0.15) is 5.76 Å². The van der Waals surface area contributed by atoms with Gasteiger partial charge in [-0.05, 0) is 55.0 Å². The SMILES string of the molecule is COC(=O)CCCN1C(=S)N[C@@H](c2ccccn2)[C@@H]1c1cccn1Cc1ccco1. The molecule has 4 rings (SSSR count). The Morgan fingerprint density at radius 3 is 2.90 bits per heavy atom. The molecular formula is C22H24N4O3S. The number of methoxy groups -OCH3 is 1. The molecule has 1 N–H and O–H groups in total. The number of rotatable bonds is 8. The van der Waals surface area contributed by atoms with E-state index in [1.807, 2.05) is 42.6 Å². The lowest BCUT2D eigenvalue weighted by atomic mass is 10.0. The highest BCUT2D eigenvalue weighted by molar-refractivity contribution is 7.80. The highest BCUT2D eigenvalue weighted by Crippen LogP contribution is 2.39. The van der Waals surface area contributed by atoms with E-state index in [0.29, 0.717) is 31.0 Å². The zero-order valence-corrected chi connectivity index (χ0v) is 17.5. The van der Waals surface area contributed by atoms with Crippen LogP contribution in [0.3, 0.4) is 0 Å². The maximum absolute atomic E-state index is 11.6. The van der Waals surface area contributed by atoms with Crippen LogP contribution in [0.2, 0.25) is 0 Å². The van der Waals surface area contributed by atoms with Crippen molar-refractivity contribution in [1.82, 2.24) is 19.8 Å². The van der Waals surface area contributed by atoms with Gasteiger partial charge < -0.3 is 23.9 Å². The number of pyridine rings is 1. The van der Waals surface area contributed by atoms with E-state index < -0.39 is 0 Å². The molecule has 0 aliphatic carbocycles. The molecule has 3 aromatic rings. The molecule has 1 fully saturated rings. The summed E-state index contributed by atoms with van der Waals surface area (Å²) >= 11 is 5.68. The summed E-state index contributed by atoms with van der Waals surface area (Å²) in [5, 5.41) is 4.10. The summed E-state index contributed by atoms with van der Waals surface area (Å²) in [5.41, 5.74) is 2.03. The van der Waals surface area contributed by atoms with Crippen molar-refractivity contribution in [2.75, 3.05) is 13.7 Å². The molecule has 8 heteroatoms. The lowest BCUT2D eigenvalue weighted by Gasteiger charge is -2.28. The van der Waals surface area contributed by atoms with E-state index in [2.05, 4.69) is 25.8 Å². The third-order valence-electron chi connectivity index (χ3n) is 5.28. The average molecular weight is 425 g/mol. The summed E-state index contributed by atoms with van der Waals surface area (Å²) in [4.78, 5) is 18.3. The standard InChI is InChI=1S/C22H24N4O3S/c1-28-19(27)10-5-13-26-21(20(24-22(26)30)17-8-2-3-11-23-17)18-9-4-12-25(18)15-16-7-6-14-29-16/h2-4,6-9,11-12,14,20-21H,5,10,13,15H2,1H3,(H,24,30)/t20-,21-/m0/s1. The zero-order chi connectivity index (χ0) is 20.9. The van der Waals surface area contributed by atoms with Crippen LogP contribution >= 0.6 is 12.2 Å². The van der Waals surface area contributed by atoms with E-state index >= 15 is 0 Å². The van der Waals surface area contributed by atoms with Crippen molar-refractivity contribution in [3.63, 3.8) is 0 Å². The quantitative estimate of drug-likeness (QED) is 0.439. The van der Waals surface area contributed by atoms with Crippen molar-refractivity contribution < 1.29 is 13.9 Å². The fourth-order valence-electron chi connectivity index (χ4n) is 3.87. The van der Waals surface area contributed by atoms with E-state index in [9.17, 15) is 4.79 Å². The van der Waals surface area contributed by atoms with Crippen LogP contribution in [0.5, 0.6) is 0 Å². The Morgan fingerprint density at radius 2 is 2.17 bits per heavy atom. The number of thiocarbonyl (C=S) groups is 1. The molecule has 1 aliphatic heterocycles. The van der Waals surface area contributed by atoms with Gasteiger partial charge in [0.15, 0.2) is 5.11 Å². The van der Waals surface area contributed by atoms with E-state index in [-0.39, 0.29) is 18.1 Å². The highest BCUT2D eigenvalue weighted by Gasteiger charge is 2.40. The minimum Gasteiger partial charge on any atom is -0.469 e. The largest absolute Gasteiger partial charge is 0.469 e. The van der Waals surface area contributed by atoms with E-state index in [0.717, 1.165) is 17.1 Å². The second-order valence-corrected chi connectivity index (χ2v) is 7.53. The van der Waals surface area contributed by atoms with Crippen LogP contribution in [0.4, 0.5) is 0 Å². The van der Waals surface area contributed by atoms with Gasteiger partial charge in [0.2, 0.25) is 0 Å². The van der Waals surface area contributed by atoms with Gasteiger partial charge in [-0.3, -0.25) is 9.78 Å². The highest BCUT2D eigenvalue weighted by atomic mass is 32.1. The number of ether oxygens (including phenoxy) is 1. The summed E-state index contributed by atoms with van der Waals surface area (Å²) in [6, 6.07) is 13.7. The minimum atomic E-state index is -0.216. The molecule has 4 heterocycles. The summed E-state index contributed by atoms with van der Waals surface area (Å²) < 4.78 is 12.5. The van der Waals surface area contributed by atoms with Crippen LogP contribution in [0.15, 0.2) is 65.5 Å². The number of esters is 1. The van der Waals surface area contributed by atoms with Gasteiger partial charge in [-0.1, -0.05) is 6.07 Å². The van der Waals surface area contributed by atoms with Crippen molar-refractivity contribution >= 4 is 23.3 Å². The molecule has 3 aromatic heterocycles. The smallest absolute Gasteiger partial charge is 0.305 e. The predicted molar refractivity (Wildman–Crippen MR) is 116 cm³/mol. The third-order valence-corrected chi connectivity index (χ3v) is 5.63. The van der Waals surface area contributed by atoms with Crippen LogP contribution in [-0.2, 0) is 16.1 Å². The summed E-state index contributed by atoms with van der Waals surface area (Å²) in [6.07, 6.45) is 6.52. The molecule has 0 spiro atoms. The monoisotopic (exact) mass is 424 g/mol. The topological polar surface area (TPSA) is 72.5 Å². The Balaban J connectivity index is 1.64. The Kier molecular flexibility index (Phi) is 6.13. The second kappa shape index (κ2) is 9.13. The van der Waals surface area contributed by atoms with Crippen LogP contribution in [-0.4, -0.2) is 39.2 Å². The maximum atomic E-state index is 11.6. The first-order chi connectivity index (χ1) is 14.7. The third kappa shape index (κ3) is 4.23. The van der Waals surface area contributed by atoms with Crippen molar-refractivity contribution in [3.8, 4) is 0 Å². The van der Waals surface area contributed by atoms with Gasteiger partial charge in [-0.2, -0.15) is 0 Å². The zero-order valence-electron chi connectivity index (χ0n) is 16.7. The Bertz CT molecular complexity index is 987. The number of carbonyl (C=O) groups excluding carboxylic acids is 1. The molecule has 0 radical (unpaired) electrons. The number of hydrogen-bond donors (Lipinski definition) is 1. The number of hydrogen-bond acceptors (Lipinski definition) is 5. The van der Waals surface area contributed by atoms with E-state index in [1.165, 1.54) is 7.11 Å². The summed E-state index contributed by atoms with van der Waals surface area (Å²) in [7, 11) is 1.41. The molecule has 7 nitrogen and oxygen atoms in total. The van der Waals surface area contributed by atoms with Gasteiger partial charge in [0, 0.05) is 31.1 Å². The number of aromatic nitrogens is 2. The predicted octanol–water partition coefficient (Wildman–Crippen LogP) is 3.45. The number of nitrogens with zero attached hydrogens (tertiary/aromatic N) is 3. The normalized spacial score (nSPS) is 18.4. The molecule has 1 saturated heterocycles. The molecule has 0 unspecified atom stereocenters. The fraction of sp³-hybridized carbons (Fsp3) is 0.318. The van der Waals surface area contributed by atoms with Crippen molar-refractivity contribution in [2.45, 2.75) is 31.5 Å². The molecular weight excluding hydrogens is 400 g/mol. The lowest BCUT2D eigenvalue weighted by molar-refractivity contribution is -0.140. The molecule has 0 saturated carbocycles. The molecule has 156 valence electrons. The first-order valence-electron chi connectivity index (χ1n) is 9.89. The first kappa shape index (κ1) is 20.2. The Labute approximate surface area is 180 Å². The molecule has 2 atom stereocenters. The Hall–Kier alpha value is -3.13. The van der Waals surface area contributed by atoms with Gasteiger partial charge >= 0.3 is 5.97 Å². The fourth-order valence-corrected chi connectivity index (χ4v) is 4.21. The molecule has 0 amide bonds. The van der Waals surface area contributed by atoms with Gasteiger partial charge in [0.25, 0.3) is 0 Å². The first-order valence-corrected chi connectivity index (χ1v) is 10.3.